The number of hydrogen-bond donors (Lipinski definition) is 1. The fourth-order valence-electron chi connectivity index (χ4n) is 1.49. The highest BCUT2D eigenvalue weighted by Gasteiger charge is 2.13. The molecule has 0 spiro atoms. The largest absolute Gasteiger partial charge is 0.366 e. The second kappa shape index (κ2) is 5.83. The minimum atomic E-state index is -0.332. The summed E-state index contributed by atoms with van der Waals surface area (Å²) in [6.07, 6.45) is 6.75. The van der Waals surface area contributed by atoms with E-state index in [9.17, 15) is 4.79 Å². The molecular weight excluding hydrogens is 256 g/mol. The van der Waals surface area contributed by atoms with Crippen molar-refractivity contribution in [3.8, 4) is 5.82 Å². The van der Waals surface area contributed by atoms with E-state index in [2.05, 4.69) is 15.3 Å². The first-order valence-electron chi connectivity index (χ1n) is 6.32. The molecule has 6 nitrogen and oxygen atoms in total. The fraction of sp³-hybridized carbons (Fsp3) is 0.357. The molecule has 0 atom stereocenters. The monoisotopic (exact) mass is 274 g/mol. The van der Waals surface area contributed by atoms with E-state index < -0.39 is 0 Å². The number of rotatable bonds is 4. The van der Waals surface area contributed by atoms with Crippen molar-refractivity contribution in [2.75, 3.05) is 11.9 Å². The number of pyridine rings is 1. The lowest BCUT2D eigenvalue weighted by atomic mass is 10.2. The van der Waals surface area contributed by atoms with Crippen LogP contribution in [0.2, 0.25) is 0 Å². The first kappa shape index (κ1) is 14.2. The highest BCUT2D eigenvalue weighted by Crippen LogP contribution is 2.10. The number of imidazole rings is 1. The third kappa shape index (κ3) is 4.17. The molecule has 0 aromatic carbocycles. The molecule has 2 aromatic heterocycles. The molecule has 0 fully saturated rings. The average molecular weight is 274 g/mol. The van der Waals surface area contributed by atoms with Crippen LogP contribution in [0, 0.1) is 0 Å². The summed E-state index contributed by atoms with van der Waals surface area (Å²) in [7, 11) is 0. The summed E-state index contributed by atoms with van der Waals surface area (Å²) in [6, 6.07) is 3.60. The summed E-state index contributed by atoms with van der Waals surface area (Å²) >= 11 is 0. The van der Waals surface area contributed by atoms with Gasteiger partial charge in [0.2, 0.25) is 5.91 Å². The van der Waals surface area contributed by atoms with Crippen molar-refractivity contribution >= 4 is 11.6 Å². The molecule has 0 radical (unpaired) electrons. The minimum Gasteiger partial charge on any atom is -0.366 e. The second-order valence-electron chi connectivity index (χ2n) is 5.32. The van der Waals surface area contributed by atoms with Crippen LogP contribution >= 0.6 is 0 Å². The van der Waals surface area contributed by atoms with E-state index in [1.165, 1.54) is 0 Å². The molecule has 106 valence electrons. The molecule has 0 saturated carbocycles. The van der Waals surface area contributed by atoms with Gasteiger partial charge < -0.3 is 10.1 Å². The molecule has 1 amide bonds. The SMILES string of the molecule is CC(C)(C)OCC(=O)Nc1ccc(-n2ccnc2)nc1. The van der Waals surface area contributed by atoms with Gasteiger partial charge in [-0.3, -0.25) is 9.36 Å². The smallest absolute Gasteiger partial charge is 0.250 e. The summed E-state index contributed by atoms with van der Waals surface area (Å²) in [4.78, 5) is 19.9. The van der Waals surface area contributed by atoms with Crippen LogP contribution in [-0.4, -0.2) is 32.7 Å². The van der Waals surface area contributed by atoms with Crippen LogP contribution in [0.4, 0.5) is 5.69 Å². The summed E-state index contributed by atoms with van der Waals surface area (Å²) in [6.45, 7) is 5.73. The maximum Gasteiger partial charge on any atom is 0.250 e. The van der Waals surface area contributed by atoms with Gasteiger partial charge in [0.25, 0.3) is 0 Å². The van der Waals surface area contributed by atoms with Crippen molar-refractivity contribution in [1.82, 2.24) is 14.5 Å². The molecule has 1 N–H and O–H groups in total. The zero-order valence-corrected chi connectivity index (χ0v) is 11.8. The van der Waals surface area contributed by atoms with E-state index in [-0.39, 0.29) is 18.1 Å². The van der Waals surface area contributed by atoms with Gasteiger partial charge in [-0.15, -0.1) is 0 Å². The van der Waals surface area contributed by atoms with Crippen LogP contribution in [0.15, 0.2) is 37.1 Å². The lowest BCUT2D eigenvalue weighted by molar-refractivity contribution is -0.125. The number of nitrogens with one attached hydrogen (secondary N) is 1. The number of carbonyl (C=O) groups is 1. The van der Waals surface area contributed by atoms with Crippen molar-refractivity contribution < 1.29 is 9.53 Å². The lowest BCUT2D eigenvalue weighted by Gasteiger charge is -2.18. The van der Waals surface area contributed by atoms with Crippen LogP contribution in [-0.2, 0) is 9.53 Å². The molecule has 0 unspecified atom stereocenters. The Morgan fingerprint density at radius 2 is 2.20 bits per heavy atom. The Labute approximate surface area is 117 Å². The van der Waals surface area contributed by atoms with Crippen LogP contribution in [0.1, 0.15) is 20.8 Å². The first-order chi connectivity index (χ1) is 9.44. The zero-order chi connectivity index (χ0) is 14.6. The summed E-state index contributed by atoms with van der Waals surface area (Å²) in [5, 5.41) is 2.74. The van der Waals surface area contributed by atoms with E-state index in [1.54, 1.807) is 35.6 Å². The van der Waals surface area contributed by atoms with Crippen LogP contribution in [0.25, 0.3) is 5.82 Å². The third-order valence-corrected chi connectivity index (χ3v) is 2.44. The lowest BCUT2D eigenvalue weighted by Crippen LogP contribution is -2.27. The molecule has 6 heteroatoms. The van der Waals surface area contributed by atoms with Crippen molar-refractivity contribution in [3.63, 3.8) is 0 Å². The molecule has 0 aliphatic carbocycles. The first-order valence-corrected chi connectivity index (χ1v) is 6.32. The predicted molar refractivity (Wildman–Crippen MR) is 75.7 cm³/mol. The Hall–Kier alpha value is -2.21. The van der Waals surface area contributed by atoms with Crippen LogP contribution in [0.5, 0.6) is 0 Å². The molecule has 0 saturated heterocycles. The number of nitrogens with zero attached hydrogens (tertiary/aromatic N) is 3. The van der Waals surface area contributed by atoms with E-state index in [4.69, 9.17) is 4.74 Å². The van der Waals surface area contributed by atoms with Gasteiger partial charge in [0.05, 0.1) is 17.5 Å². The molecular formula is C14H18N4O2. The average Bonchev–Trinajstić information content (AvgIpc) is 2.90. The normalized spacial score (nSPS) is 11.3. The van der Waals surface area contributed by atoms with Crippen molar-refractivity contribution in [2.24, 2.45) is 0 Å². The third-order valence-electron chi connectivity index (χ3n) is 2.44. The van der Waals surface area contributed by atoms with Gasteiger partial charge in [-0.25, -0.2) is 9.97 Å². The molecule has 0 aliphatic rings. The highest BCUT2D eigenvalue weighted by atomic mass is 16.5. The van der Waals surface area contributed by atoms with Crippen LogP contribution in [0.3, 0.4) is 0 Å². The quantitative estimate of drug-likeness (QED) is 0.926. The van der Waals surface area contributed by atoms with Gasteiger partial charge in [0, 0.05) is 12.4 Å². The Bertz CT molecular complexity index is 556. The van der Waals surface area contributed by atoms with Gasteiger partial charge in [-0.05, 0) is 32.9 Å². The summed E-state index contributed by atoms with van der Waals surface area (Å²) < 4.78 is 7.19. The summed E-state index contributed by atoms with van der Waals surface area (Å²) in [5.74, 6) is 0.545. The topological polar surface area (TPSA) is 69.0 Å². The van der Waals surface area contributed by atoms with Crippen LogP contribution < -0.4 is 5.32 Å². The van der Waals surface area contributed by atoms with Gasteiger partial charge in [0.15, 0.2) is 0 Å². The van der Waals surface area contributed by atoms with Crippen molar-refractivity contribution in [2.45, 2.75) is 26.4 Å². The standard InChI is InChI=1S/C14H18N4O2/c1-14(2,3)20-9-13(19)17-11-4-5-12(16-8-11)18-7-6-15-10-18/h4-8,10H,9H2,1-3H3,(H,17,19). The maximum atomic E-state index is 11.7. The number of aromatic nitrogens is 3. The van der Waals surface area contributed by atoms with E-state index in [1.807, 2.05) is 26.8 Å². The summed E-state index contributed by atoms with van der Waals surface area (Å²) in [5.41, 5.74) is 0.303. The Balaban J connectivity index is 1.92. The molecule has 2 aromatic rings. The number of amides is 1. The van der Waals surface area contributed by atoms with E-state index in [0.717, 1.165) is 5.82 Å². The predicted octanol–water partition coefficient (Wildman–Crippen LogP) is 2.02. The minimum absolute atomic E-state index is 0.0206. The van der Waals surface area contributed by atoms with Gasteiger partial charge >= 0.3 is 0 Å². The van der Waals surface area contributed by atoms with Gasteiger partial charge in [-0.2, -0.15) is 0 Å². The molecule has 0 bridgehead atoms. The number of anilines is 1. The fourth-order valence-corrected chi connectivity index (χ4v) is 1.49. The number of hydrogen-bond acceptors (Lipinski definition) is 4. The molecule has 2 rings (SSSR count). The van der Waals surface area contributed by atoms with Crippen molar-refractivity contribution in [1.29, 1.82) is 0 Å². The highest BCUT2D eigenvalue weighted by molar-refractivity contribution is 5.91. The zero-order valence-electron chi connectivity index (χ0n) is 11.8. The Morgan fingerprint density at radius 3 is 2.75 bits per heavy atom. The van der Waals surface area contributed by atoms with Gasteiger partial charge in [0.1, 0.15) is 18.8 Å². The van der Waals surface area contributed by atoms with E-state index >= 15 is 0 Å². The molecule has 0 aliphatic heterocycles. The van der Waals surface area contributed by atoms with Crippen molar-refractivity contribution in [3.05, 3.63) is 37.1 Å². The molecule has 20 heavy (non-hydrogen) atoms. The Morgan fingerprint density at radius 1 is 1.40 bits per heavy atom. The number of ether oxygens (including phenoxy) is 1. The molecule has 2 heterocycles. The Kier molecular flexibility index (Phi) is 4.14. The second-order valence-corrected chi connectivity index (χ2v) is 5.32. The van der Waals surface area contributed by atoms with E-state index in [0.29, 0.717) is 5.69 Å². The number of carbonyl (C=O) groups excluding carboxylic acids is 1. The van der Waals surface area contributed by atoms with Gasteiger partial charge in [-0.1, -0.05) is 0 Å². The maximum absolute atomic E-state index is 11.7.